The van der Waals surface area contributed by atoms with Crippen LogP contribution in [0.5, 0.6) is 0 Å². The van der Waals surface area contributed by atoms with Crippen molar-refractivity contribution in [2.24, 2.45) is 18.9 Å². The molecule has 0 aliphatic carbocycles. The second-order valence-electron chi connectivity index (χ2n) is 8.35. The molecule has 3 heterocycles. The van der Waals surface area contributed by atoms with Gasteiger partial charge < -0.3 is 9.47 Å². The molecule has 0 radical (unpaired) electrons. The Morgan fingerprint density at radius 2 is 1.89 bits per heavy atom. The van der Waals surface area contributed by atoms with Crippen LogP contribution in [0.3, 0.4) is 0 Å². The van der Waals surface area contributed by atoms with Gasteiger partial charge in [-0.2, -0.15) is 4.98 Å². The van der Waals surface area contributed by atoms with Gasteiger partial charge in [-0.05, 0) is 30.4 Å². The molecule has 0 N–H and O–H groups in total. The van der Waals surface area contributed by atoms with Crippen molar-refractivity contribution in [3.05, 3.63) is 50.7 Å². The summed E-state index contributed by atoms with van der Waals surface area (Å²) in [7, 11) is 1.70. The molecule has 4 rings (SSSR count). The van der Waals surface area contributed by atoms with Crippen molar-refractivity contribution in [1.82, 2.24) is 18.7 Å². The maximum Gasteiger partial charge on any atom is 0.332 e. The van der Waals surface area contributed by atoms with E-state index in [1.54, 1.807) is 7.05 Å². The zero-order valence-corrected chi connectivity index (χ0v) is 17.1. The van der Waals surface area contributed by atoms with Crippen molar-refractivity contribution >= 4 is 22.8 Å². The Bertz CT molecular complexity index is 1170. The van der Waals surface area contributed by atoms with Gasteiger partial charge in [0.15, 0.2) is 11.2 Å². The molecule has 2 aromatic heterocycles. The average Bonchev–Trinajstić information content (AvgIpc) is 3.02. The fraction of sp³-hybridized carbons (Fsp3) is 0.476. The molecule has 1 aliphatic heterocycles. The average molecular weight is 381 g/mol. The van der Waals surface area contributed by atoms with E-state index in [4.69, 9.17) is 4.98 Å². The Labute approximate surface area is 163 Å². The first-order valence-electron chi connectivity index (χ1n) is 9.82. The summed E-state index contributed by atoms with van der Waals surface area (Å²) in [5.41, 5.74) is 2.65. The lowest BCUT2D eigenvalue weighted by atomic mass is 10.1. The van der Waals surface area contributed by atoms with E-state index in [0.717, 1.165) is 23.7 Å². The van der Waals surface area contributed by atoms with Crippen molar-refractivity contribution < 1.29 is 0 Å². The molecule has 0 unspecified atom stereocenters. The minimum atomic E-state index is -0.308. The number of anilines is 2. The van der Waals surface area contributed by atoms with Crippen LogP contribution in [-0.4, -0.2) is 25.2 Å². The molecule has 1 atom stereocenters. The quantitative estimate of drug-likeness (QED) is 0.700. The molecule has 0 saturated heterocycles. The van der Waals surface area contributed by atoms with Gasteiger partial charge in [-0.1, -0.05) is 39.0 Å². The number of imidazole rings is 1. The first-order valence-corrected chi connectivity index (χ1v) is 9.82. The van der Waals surface area contributed by atoms with E-state index < -0.39 is 0 Å². The minimum absolute atomic E-state index is 0.203. The summed E-state index contributed by atoms with van der Waals surface area (Å²) in [5, 5.41) is 0. The third-order valence-electron chi connectivity index (χ3n) is 5.40. The van der Waals surface area contributed by atoms with Gasteiger partial charge in [0.2, 0.25) is 5.95 Å². The Balaban J connectivity index is 2.02. The molecule has 7 heteroatoms. The van der Waals surface area contributed by atoms with Crippen LogP contribution in [0.4, 0.5) is 11.6 Å². The smallest absolute Gasteiger partial charge is 0.311 e. The summed E-state index contributed by atoms with van der Waals surface area (Å²) in [5.74, 6) is 1.28. The second kappa shape index (κ2) is 6.65. The van der Waals surface area contributed by atoms with Gasteiger partial charge in [-0.3, -0.25) is 13.9 Å². The number of aromatic nitrogens is 4. The molecule has 7 nitrogen and oxygen atoms in total. The highest BCUT2D eigenvalue weighted by molar-refractivity contribution is 5.77. The topological polar surface area (TPSA) is 65.1 Å². The molecule has 0 fully saturated rings. The molecule has 3 aromatic rings. The van der Waals surface area contributed by atoms with E-state index >= 15 is 0 Å². The van der Waals surface area contributed by atoms with E-state index in [2.05, 4.69) is 30.9 Å². The van der Waals surface area contributed by atoms with E-state index in [0.29, 0.717) is 30.2 Å². The molecule has 0 amide bonds. The largest absolute Gasteiger partial charge is 0.332 e. The zero-order chi connectivity index (χ0) is 20.2. The monoisotopic (exact) mass is 381 g/mol. The second-order valence-corrected chi connectivity index (χ2v) is 8.35. The Morgan fingerprint density at radius 3 is 2.57 bits per heavy atom. The van der Waals surface area contributed by atoms with Crippen molar-refractivity contribution in [3.63, 3.8) is 0 Å². The fourth-order valence-corrected chi connectivity index (χ4v) is 4.10. The standard InChI is InChI=1S/C21H27N5O2/c1-13(2)10-26-19(27)17-18(23(5)21(26)28)22-20-24(11-14(3)12-25(17)20)16-9-7-6-8-15(16)4/h6-9,13-14H,10-12H2,1-5H3/t14-/m1/s1. The molecule has 1 aliphatic rings. The van der Waals surface area contributed by atoms with Crippen LogP contribution in [0.25, 0.3) is 11.2 Å². The summed E-state index contributed by atoms with van der Waals surface area (Å²) >= 11 is 0. The number of hydrogen-bond acceptors (Lipinski definition) is 4. The molecule has 1 aromatic carbocycles. The molecule has 148 valence electrons. The van der Waals surface area contributed by atoms with Gasteiger partial charge in [0.25, 0.3) is 5.56 Å². The number of para-hydroxylation sites is 1. The highest BCUT2D eigenvalue weighted by Crippen LogP contribution is 2.34. The van der Waals surface area contributed by atoms with Crippen LogP contribution < -0.4 is 16.1 Å². The lowest BCUT2D eigenvalue weighted by Gasteiger charge is -2.33. The highest BCUT2D eigenvalue weighted by Gasteiger charge is 2.30. The Hall–Kier alpha value is -2.83. The van der Waals surface area contributed by atoms with E-state index in [9.17, 15) is 9.59 Å². The highest BCUT2D eigenvalue weighted by atomic mass is 16.2. The lowest BCUT2D eigenvalue weighted by Crippen LogP contribution is -2.41. The summed E-state index contributed by atoms with van der Waals surface area (Å²) in [6.45, 7) is 10.2. The number of hydrogen-bond donors (Lipinski definition) is 0. The third-order valence-corrected chi connectivity index (χ3v) is 5.40. The third kappa shape index (κ3) is 2.77. The summed E-state index contributed by atoms with van der Waals surface area (Å²) in [6, 6.07) is 8.18. The van der Waals surface area contributed by atoms with Crippen LogP contribution in [0.15, 0.2) is 33.9 Å². The van der Waals surface area contributed by atoms with Gasteiger partial charge in [0, 0.05) is 32.4 Å². The van der Waals surface area contributed by atoms with Crippen molar-refractivity contribution in [2.45, 2.75) is 40.8 Å². The molecule has 28 heavy (non-hydrogen) atoms. The van der Waals surface area contributed by atoms with E-state index in [1.165, 1.54) is 9.13 Å². The van der Waals surface area contributed by atoms with Gasteiger partial charge >= 0.3 is 5.69 Å². The number of rotatable bonds is 3. The minimum Gasteiger partial charge on any atom is -0.311 e. The number of nitrogens with zero attached hydrogens (tertiary/aromatic N) is 5. The predicted molar refractivity (Wildman–Crippen MR) is 111 cm³/mol. The SMILES string of the molecule is Cc1ccccc1N1C[C@@H](C)Cn2c1nc1c2c(=O)n(CC(C)C)c(=O)n1C. The van der Waals surface area contributed by atoms with E-state index in [1.807, 2.05) is 30.5 Å². The first kappa shape index (κ1) is 18.5. The fourth-order valence-electron chi connectivity index (χ4n) is 4.10. The van der Waals surface area contributed by atoms with Crippen molar-refractivity contribution in [3.8, 4) is 0 Å². The maximum atomic E-state index is 13.3. The van der Waals surface area contributed by atoms with Crippen molar-refractivity contribution in [2.75, 3.05) is 11.4 Å². The van der Waals surface area contributed by atoms with Gasteiger partial charge in [0.05, 0.1) is 0 Å². The summed E-state index contributed by atoms with van der Waals surface area (Å²) < 4.78 is 4.85. The maximum absolute atomic E-state index is 13.3. The molecular formula is C21H27N5O2. The molecule has 0 bridgehead atoms. The van der Waals surface area contributed by atoms with Crippen LogP contribution in [0.2, 0.25) is 0 Å². The first-order chi connectivity index (χ1) is 13.3. The number of aryl methyl sites for hydroxylation is 2. The normalized spacial score (nSPS) is 16.8. The molecular weight excluding hydrogens is 354 g/mol. The summed E-state index contributed by atoms with van der Waals surface area (Å²) in [4.78, 5) is 33.0. The Kier molecular flexibility index (Phi) is 4.40. The molecule has 0 saturated carbocycles. The lowest BCUT2D eigenvalue weighted by molar-refractivity contribution is 0.454. The number of benzene rings is 1. The Morgan fingerprint density at radius 1 is 1.18 bits per heavy atom. The van der Waals surface area contributed by atoms with Crippen molar-refractivity contribution in [1.29, 1.82) is 0 Å². The van der Waals surface area contributed by atoms with Gasteiger partial charge in [0.1, 0.15) is 0 Å². The van der Waals surface area contributed by atoms with Gasteiger partial charge in [-0.25, -0.2) is 4.79 Å². The van der Waals surface area contributed by atoms with Crippen LogP contribution in [0.1, 0.15) is 26.3 Å². The zero-order valence-electron chi connectivity index (χ0n) is 17.1. The van der Waals surface area contributed by atoms with Gasteiger partial charge in [-0.15, -0.1) is 0 Å². The van der Waals surface area contributed by atoms with Crippen LogP contribution in [-0.2, 0) is 20.1 Å². The molecule has 0 spiro atoms. The van der Waals surface area contributed by atoms with Crippen LogP contribution >= 0.6 is 0 Å². The number of fused-ring (bicyclic) bond motifs is 3. The van der Waals surface area contributed by atoms with E-state index in [-0.39, 0.29) is 17.2 Å². The summed E-state index contributed by atoms with van der Waals surface area (Å²) in [6.07, 6.45) is 0. The van der Waals surface area contributed by atoms with Crippen LogP contribution in [0, 0.1) is 18.8 Å². The predicted octanol–water partition coefficient (Wildman–Crippen LogP) is 2.65.